The lowest BCUT2D eigenvalue weighted by Gasteiger charge is -2.40. The van der Waals surface area contributed by atoms with Crippen LogP contribution >= 0.6 is 0 Å². The highest BCUT2D eigenvalue weighted by Gasteiger charge is 2.30. The quantitative estimate of drug-likeness (QED) is 0.852. The van der Waals surface area contributed by atoms with Gasteiger partial charge in [0.1, 0.15) is 5.82 Å². The van der Waals surface area contributed by atoms with Crippen molar-refractivity contribution in [1.82, 2.24) is 15.2 Å². The number of rotatable bonds is 5. The summed E-state index contributed by atoms with van der Waals surface area (Å²) < 4.78 is 11.6. The maximum Gasteiger partial charge on any atom is 0.255 e. The first-order valence-corrected chi connectivity index (χ1v) is 10.5. The number of anilines is 1. The smallest absolute Gasteiger partial charge is 0.255 e. The summed E-state index contributed by atoms with van der Waals surface area (Å²) in [7, 11) is -0.686. The topological polar surface area (TPSA) is 65.5 Å². The van der Waals surface area contributed by atoms with Gasteiger partial charge in [-0.05, 0) is 38.8 Å². The Hall–Kier alpha value is -1.47. The highest BCUT2D eigenvalue weighted by Crippen LogP contribution is 2.22. The van der Waals surface area contributed by atoms with E-state index in [1.807, 2.05) is 12.1 Å². The van der Waals surface area contributed by atoms with Crippen molar-refractivity contribution in [2.45, 2.75) is 32.2 Å². The van der Waals surface area contributed by atoms with Gasteiger partial charge in [-0.3, -0.25) is 13.9 Å². The molecule has 2 aliphatic heterocycles. The third-order valence-corrected chi connectivity index (χ3v) is 6.43. The van der Waals surface area contributed by atoms with Gasteiger partial charge in [-0.1, -0.05) is 0 Å². The van der Waals surface area contributed by atoms with Gasteiger partial charge in [0.05, 0.1) is 5.56 Å². The van der Waals surface area contributed by atoms with Crippen LogP contribution in [0.3, 0.4) is 0 Å². The molecule has 0 aliphatic carbocycles. The Balaban J connectivity index is 1.63. The minimum Gasteiger partial charge on any atom is -0.356 e. The molecule has 7 heteroatoms. The second-order valence-corrected chi connectivity index (χ2v) is 9.10. The molecule has 138 valence electrons. The van der Waals surface area contributed by atoms with Gasteiger partial charge < -0.3 is 10.2 Å². The zero-order valence-electron chi connectivity index (χ0n) is 15.2. The molecule has 1 N–H and O–H groups in total. The number of nitrogens with one attached hydrogen (secondary N) is 1. The van der Waals surface area contributed by atoms with Crippen LogP contribution < -0.4 is 10.2 Å². The number of hydrogen-bond acceptors (Lipinski definition) is 5. The van der Waals surface area contributed by atoms with E-state index in [1.54, 1.807) is 6.20 Å². The van der Waals surface area contributed by atoms with Crippen LogP contribution in [0.4, 0.5) is 5.82 Å². The van der Waals surface area contributed by atoms with Gasteiger partial charge in [0.2, 0.25) is 0 Å². The van der Waals surface area contributed by atoms with E-state index in [9.17, 15) is 9.00 Å². The van der Waals surface area contributed by atoms with E-state index in [1.165, 1.54) is 0 Å². The average molecular weight is 365 g/mol. The molecule has 3 rings (SSSR count). The van der Waals surface area contributed by atoms with Gasteiger partial charge in [0.15, 0.2) is 0 Å². The summed E-state index contributed by atoms with van der Waals surface area (Å²) in [4.78, 5) is 21.7. The number of hydrogen-bond donors (Lipinski definition) is 1. The number of pyridine rings is 1. The van der Waals surface area contributed by atoms with Gasteiger partial charge >= 0.3 is 0 Å². The number of nitrogens with zero attached hydrogens (tertiary/aromatic N) is 3. The molecule has 2 fully saturated rings. The van der Waals surface area contributed by atoms with Gasteiger partial charge in [0.25, 0.3) is 5.91 Å². The molecule has 0 atom stereocenters. The molecule has 2 saturated heterocycles. The molecule has 2 aliphatic rings. The van der Waals surface area contributed by atoms with Crippen molar-refractivity contribution in [3.8, 4) is 0 Å². The van der Waals surface area contributed by atoms with Crippen LogP contribution in [0.1, 0.15) is 37.0 Å². The molecule has 0 radical (unpaired) electrons. The summed E-state index contributed by atoms with van der Waals surface area (Å²) in [5.41, 5.74) is 0.496. The largest absolute Gasteiger partial charge is 0.356 e. The summed E-state index contributed by atoms with van der Waals surface area (Å²) in [5.74, 6) is 2.17. The van der Waals surface area contributed by atoms with Crippen LogP contribution in [-0.2, 0) is 10.8 Å². The zero-order valence-corrected chi connectivity index (χ0v) is 16.0. The van der Waals surface area contributed by atoms with E-state index in [0.717, 1.165) is 56.3 Å². The Labute approximate surface area is 152 Å². The molecular formula is C18H28N4O2S. The van der Waals surface area contributed by atoms with Gasteiger partial charge in [-0.15, -0.1) is 0 Å². The fraction of sp³-hybridized carbons (Fsp3) is 0.667. The molecule has 3 heterocycles. The lowest BCUT2D eigenvalue weighted by atomic mass is 10.0. The summed E-state index contributed by atoms with van der Waals surface area (Å²) in [6.07, 6.45) is 4.06. The third kappa shape index (κ3) is 4.39. The fourth-order valence-corrected chi connectivity index (χ4v) is 4.55. The first-order valence-electron chi connectivity index (χ1n) is 9.05. The van der Waals surface area contributed by atoms with Gasteiger partial charge in [-0.25, -0.2) is 4.98 Å². The second-order valence-electron chi connectivity index (χ2n) is 7.40. The average Bonchev–Trinajstić information content (AvgIpc) is 3.15. The molecule has 0 saturated carbocycles. The normalized spacial score (nSPS) is 20.0. The highest BCUT2D eigenvalue weighted by molar-refractivity contribution is 7.85. The van der Waals surface area contributed by atoms with Crippen LogP contribution in [-0.4, -0.2) is 69.8 Å². The first-order chi connectivity index (χ1) is 12.0. The first kappa shape index (κ1) is 18.3. The van der Waals surface area contributed by atoms with Crippen molar-refractivity contribution in [1.29, 1.82) is 0 Å². The monoisotopic (exact) mass is 364 g/mol. The number of carbonyl (C=O) groups is 1. The Bertz CT molecular complexity index is 634. The van der Waals surface area contributed by atoms with E-state index in [-0.39, 0.29) is 11.4 Å². The molecule has 25 heavy (non-hydrogen) atoms. The zero-order chi connectivity index (χ0) is 17.9. The molecule has 0 unspecified atom stereocenters. The van der Waals surface area contributed by atoms with E-state index in [4.69, 9.17) is 0 Å². The number of amides is 1. The van der Waals surface area contributed by atoms with Crippen LogP contribution in [0.25, 0.3) is 0 Å². The van der Waals surface area contributed by atoms with Crippen molar-refractivity contribution in [2.24, 2.45) is 0 Å². The standard InChI is InChI=1S/C18H28N4O2S/c1-18(2,22-10-12-25(24)13-11-22)14-20-17(23)15-6-5-7-19-16(15)21-8-3-4-9-21/h5-7H,3-4,8-14H2,1-2H3,(H,20,23). The predicted molar refractivity (Wildman–Crippen MR) is 102 cm³/mol. The Kier molecular flexibility index (Phi) is 5.74. The molecule has 6 nitrogen and oxygen atoms in total. The number of aromatic nitrogens is 1. The molecule has 0 spiro atoms. The molecule has 1 aromatic rings. The van der Waals surface area contributed by atoms with Crippen LogP contribution in [0.15, 0.2) is 18.3 Å². The van der Waals surface area contributed by atoms with Crippen molar-refractivity contribution >= 4 is 22.5 Å². The van der Waals surface area contributed by atoms with Crippen molar-refractivity contribution in [3.63, 3.8) is 0 Å². The molecule has 0 bridgehead atoms. The van der Waals surface area contributed by atoms with Gasteiger partial charge in [0, 0.05) is 66.8 Å². The summed E-state index contributed by atoms with van der Waals surface area (Å²) in [6.45, 7) is 8.40. The summed E-state index contributed by atoms with van der Waals surface area (Å²) >= 11 is 0. The molecular weight excluding hydrogens is 336 g/mol. The lowest BCUT2D eigenvalue weighted by Crippen LogP contribution is -2.55. The second kappa shape index (κ2) is 7.83. The maximum atomic E-state index is 12.8. The van der Waals surface area contributed by atoms with Crippen LogP contribution in [0.5, 0.6) is 0 Å². The van der Waals surface area contributed by atoms with Crippen molar-refractivity contribution < 1.29 is 9.00 Å². The third-order valence-electron chi connectivity index (χ3n) is 5.15. The minimum atomic E-state index is -0.686. The van der Waals surface area contributed by atoms with Crippen LogP contribution in [0.2, 0.25) is 0 Å². The molecule has 1 amide bonds. The Morgan fingerprint density at radius 1 is 1.24 bits per heavy atom. The lowest BCUT2D eigenvalue weighted by molar-refractivity contribution is 0.0883. The number of carbonyl (C=O) groups excluding carboxylic acids is 1. The molecule has 0 aromatic carbocycles. The van der Waals surface area contributed by atoms with E-state index in [2.05, 4.69) is 33.9 Å². The Morgan fingerprint density at radius 2 is 1.92 bits per heavy atom. The van der Waals surface area contributed by atoms with Crippen molar-refractivity contribution in [2.75, 3.05) is 49.1 Å². The predicted octanol–water partition coefficient (Wildman–Crippen LogP) is 1.25. The minimum absolute atomic E-state index is 0.0661. The van der Waals surface area contributed by atoms with E-state index in [0.29, 0.717) is 12.1 Å². The fourth-order valence-electron chi connectivity index (χ4n) is 3.50. The SMILES string of the molecule is CC(C)(CNC(=O)c1cccnc1N1CCCC1)N1CCS(=O)CC1. The summed E-state index contributed by atoms with van der Waals surface area (Å²) in [6, 6.07) is 3.67. The highest BCUT2D eigenvalue weighted by atomic mass is 32.2. The van der Waals surface area contributed by atoms with Gasteiger partial charge in [-0.2, -0.15) is 0 Å². The van der Waals surface area contributed by atoms with E-state index >= 15 is 0 Å². The Morgan fingerprint density at radius 3 is 2.60 bits per heavy atom. The van der Waals surface area contributed by atoms with Crippen LogP contribution in [0, 0.1) is 0 Å². The van der Waals surface area contributed by atoms with Crippen molar-refractivity contribution in [3.05, 3.63) is 23.9 Å². The summed E-state index contributed by atoms with van der Waals surface area (Å²) in [5, 5.41) is 3.09. The van der Waals surface area contributed by atoms with E-state index < -0.39 is 10.8 Å². The molecule has 1 aromatic heterocycles. The maximum absolute atomic E-state index is 12.8.